The van der Waals surface area contributed by atoms with Gasteiger partial charge in [0.05, 0.1) is 11.4 Å². The number of nitrogens with two attached hydrogens (primary N) is 1. The van der Waals surface area contributed by atoms with Crippen LogP contribution in [0.25, 0.3) is 0 Å². The van der Waals surface area contributed by atoms with Crippen LogP contribution in [0.5, 0.6) is 0 Å². The van der Waals surface area contributed by atoms with E-state index in [2.05, 4.69) is 0 Å². The molecule has 6 nitrogen and oxygen atoms in total. The van der Waals surface area contributed by atoms with E-state index in [1.54, 1.807) is 16.3 Å². The first-order valence-corrected chi connectivity index (χ1v) is 9.04. The number of anilines is 1. The lowest BCUT2D eigenvalue weighted by atomic mass is 10.3. The summed E-state index contributed by atoms with van der Waals surface area (Å²) in [6, 6.07) is 1.71. The minimum Gasteiger partial charge on any atom is -0.397 e. The molecule has 0 saturated carbocycles. The summed E-state index contributed by atoms with van der Waals surface area (Å²) >= 11 is 1.32. The fraction of sp³-hybridized carbons (Fsp3) is 0.583. The van der Waals surface area contributed by atoms with Gasteiger partial charge in [0.2, 0.25) is 10.0 Å². The van der Waals surface area contributed by atoms with Gasteiger partial charge < -0.3 is 10.6 Å². The molecule has 0 aliphatic carbocycles. The van der Waals surface area contributed by atoms with Crippen molar-refractivity contribution >= 4 is 33.0 Å². The third-order valence-corrected chi connectivity index (χ3v) is 6.27. The molecule has 1 aromatic rings. The molecule has 1 aromatic heterocycles. The molecule has 0 unspecified atom stereocenters. The van der Waals surface area contributed by atoms with E-state index < -0.39 is 10.0 Å². The van der Waals surface area contributed by atoms with Crippen LogP contribution in [0.15, 0.2) is 11.4 Å². The van der Waals surface area contributed by atoms with Gasteiger partial charge in [-0.3, -0.25) is 4.79 Å². The van der Waals surface area contributed by atoms with Crippen LogP contribution in [0.2, 0.25) is 0 Å². The number of thiophene rings is 1. The molecule has 1 amide bonds. The quantitative estimate of drug-likeness (QED) is 0.891. The fourth-order valence-corrected chi connectivity index (χ4v) is 4.47. The monoisotopic (exact) mass is 317 g/mol. The average Bonchev–Trinajstić information content (AvgIpc) is 2.84. The van der Waals surface area contributed by atoms with Gasteiger partial charge in [-0.1, -0.05) is 6.92 Å². The van der Waals surface area contributed by atoms with E-state index in [9.17, 15) is 13.2 Å². The highest BCUT2D eigenvalue weighted by Gasteiger charge is 2.29. The molecule has 112 valence electrons. The molecule has 0 spiro atoms. The van der Waals surface area contributed by atoms with E-state index in [1.165, 1.54) is 15.6 Å². The predicted molar refractivity (Wildman–Crippen MR) is 80.3 cm³/mol. The number of nitrogens with zero attached hydrogens (tertiary/aromatic N) is 2. The summed E-state index contributed by atoms with van der Waals surface area (Å²) in [5.74, 6) is 0.0591. The largest absolute Gasteiger partial charge is 0.397 e. The number of hydrogen-bond donors (Lipinski definition) is 1. The minimum atomic E-state index is -3.17. The highest BCUT2D eigenvalue weighted by atomic mass is 32.2. The van der Waals surface area contributed by atoms with Crippen LogP contribution >= 0.6 is 11.3 Å². The van der Waals surface area contributed by atoms with Gasteiger partial charge in [-0.2, -0.15) is 4.31 Å². The second kappa shape index (κ2) is 6.11. The lowest BCUT2D eigenvalue weighted by Crippen LogP contribution is -2.50. The normalized spacial score (nSPS) is 17.4. The second-order valence-electron chi connectivity index (χ2n) is 4.71. The zero-order valence-electron chi connectivity index (χ0n) is 11.4. The van der Waals surface area contributed by atoms with E-state index in [4.69, 9.17) is 5.73 Å². The topological polar surface area (TPSA) is 83.7 Å². The zero-order chi connectivity index (χ0) is 14.8. The zero-order valence-corrected chi connectivity index (χ0v) is 13.0. The molecular weight excluding hydrogens is 298 g/mol. The molecule has 2 heterocycles. The predicted octanol–water partition coefficient (Wildman–Crippen LogP) is 0.828. The molecule has 1 fully saturated rings. The Balaban J connectivity index is 1.98. The van der Waals surface area contributed by atoms with Crippen molar-refractivity contribution in [3.63, 3.8) is 0 Å². The number of carbonyl (C=O) groups is 1. The van der Waals surface area contributed by atoms with Gasteiger partial charge >= 0.3 is 0 Å². The maximum atomic E-state index is 12.3. The Morgan fingerprint density at radius 2 is 2.00 bits per heavy atom. The van der Waals surface area contributed by atoms with Crippen molar-refractivity contribution in [2.24, 2.45) is 0 Å². The number of hydrogen-bond acceptors (Lipinski definition) is 5. The molecule has 1 saturated heterocycles. The first kappa shape index (κ1) is 15.3. The van der Waals surface area contributed by atoms with Crippen LogP contribution in [-0.4, -0.2) is 55.5 Å². The van der Waals surface area contributed by atoms with Gasteiger partial charge in [-0.15, -0.1) is 11.3 Å². The molecule has 2 rings (SSSR count). The third-order valence-electron chi connectivity index (χ3n) is 3.27. The van der Waals surface area contributed by atoms with Crippen LogP contribution in [-0.2, 0) is 10.0 Å². The van der Waals surface area contributed by atoms with E-state index in [0.717, 1.165) is 0 Å². The lowest BCUT2D eigenvalue weighted by molar-refractivity contribution is 0.0704. The molecule has 20 heavy (non-hydrogen) atoms. The Hall–Kier alpha value is -1.12. The maximum Gasteiger partial charge on any atom is 0.266 e. The Bertz CT molecular complexity index is 575. The Morgan fingerprint density at radius 3 is 2.50 bits per heavy atom. The van der Waals surface area contributed by atoms with Crippen molar-refractivity contribution in [1.82, 2.24) is 9.21 Å². The molecule has 0 aromatic carbocycles. The third kappa shape index (κ3) is 3.13. The van der Waals surface area contributed by atoms with E-state index in [0.29, 0.717) is 43.2 Å². The summed E-state index contributed by atoms with van der Waals surface area (Å²) in [5, 5.41) is 1.78. The maximum absolute atomic E-state index is 12.3. The van der Waals surface area contributed by atoms with Crippen molar-refractivity contribution in [2.45, 2.75) is 13.3 Å². The van der Waals surface area contributed by atoms with E-state index >= 15 is 0 Å². The first-order valence-electron chi connectivity index (χ1n) is 6.55. The summed E-state index contributed by atoms with van der Waals surface area (Å²) in [6.07, 6.45) is 0.604. The van der Waals surface area contributed by atoms with Crippen LogP contribution < -0.4 is 5.73 Å². The average molecular weight is 317 g/mol. The number of sulfonamides is 1. The number of carbonyl (C=O) groups excluding carboxylic acids is 1. The van der Waals surface area contributed by atoms with Gasteiger partial charge in [-0.05, 0) is 17.9 Å². The summed E-state index contributed by atoms with van der Waals surface area (Å²) in [4.78, 5) is 14.5. The Morgan fingerprint density at radius 1 is 1.35 bits per heavy atom. The number of amides is 1. The van der Waals surface area contributed by atoms with E-state index in [-0.39, 0.29) is 11.7 Å². The van der Waals surface area contributed by atoms with Crippen molar-refractivity contribution < 1.29 is 13.2 Å². The van der Waals surface area contributed by atoms with Gasteiger partial charge in [0.1, 0.15) is 4.88 Å². The van der Waals surface area contributed by atoms with Gasteiger partial charge in [0, 0.05) is 26.2 Å². The molecule has 0 radical (unpaired) electrons. The molecule has 8 heteroatoms. The van der Waals surface area contributed by atoms with Crippen LogP contribution in [0.4, 0.5) is 5.69 Å². The summed E-state index contributed by atoms with van der Waals surface area (Å²) in [7, 11) is -3.17. The highest BCUT2D eigenvalue weighted by molar-refractivity contribution is 7.89. The molecule has 1 aliphatic rings. The Labute approximate surface area is 123 Å². The Kier molecular flexibility index (Phi) is 4.66. The summed E-state index contributed by atoms with van der Waals surface area (Å²) in [5.41, 5.74) is 6.23. The standard InChI is InChI=1S/C12H19N3O3S2/c1-2-9-20(17,18)15-6-4-14(5-7-15)12(16)11-10(13)3-8-19-11/h3,8H,2,4-7,9,13H2,1H3. The van der Waals surface area contributed by atoms with Crippen LogP contribution in [0.1, 0.15) is 23.0 Å². The van der Waals surface area contributed by atoms with Crippen LogP contribution in [0, 0.1) is 0 Å². The summed E-state index contributed by atoms with van der Waals surface area (Å²) in [6.45, 7) is 3.40. The lowest BCUT2D eigenvalue weighted by Gasteiger charge is -2.33. The van der Waals surface area contributed by atoms with Gasteiger partial charge in [0.25, 0.3) is 5.91 Å². The van der Waals surface area contributed by atoms with E-state index in [1.807, 2.05) is 6.92 Å². The number of nitrogen functional groups attached to an aromatic ring is 1. The first-order chi connectivity index (χ1) is 9.45. The number of rotatable bonds is 4. The van der Waals surface area contributed by atoms with Gasteiger partial charge in [-0.25, -0.2) is 8.42 Å². The van der Waals surface area contributed by atoms with Crippen LogP contribution in [0.3, 0.4) is 0 Å². The van der Waals surface area contributed by atoms with Gasteiger partial charge in [0.15, 0.2) is 0 Å². The highest BCUT2D eigenvalue weighted by Crippen LogP contribution is 2.22. The molecule has 0 bridgehead atoms. The molecular formula is C12H19N3O3S2. The van der Waals surface area contributed by atoms with Crippen molar-refractivity contribution in [3.8, 4) is 0 Å². The number of piperazine rings is 1. The fourth-order valence-electron chi connectivity index (χ4n) is 2.19. The van der Waals surface area contributed by atoms with Crippen molar-refractivity contribution in [1.29, 1.82) is 0 Å². The summed E-state index contributed by atoms with van der Waals surface area (Å²) < 4.78 is 25.4. The van der Waals surface area contributed by atoms with Crippen molar-refractivity contribution in [3.05, 3.63) is 16.3 Å². The SMILES string of the molecule is CCCS(=O)(=O)N1CCN(C(=O)c2sccc2N)CC1. The molecule has 2 N–H and O–H groups in total. The van der Waals surface area contributed by atoms with Crippen molar-refractivity contribution in [2.75, 3.05) is 37.7 Å². The second-order valence-corrected chi connectivity index (χ2v) is 7.72. The minimum absolute atomic E-state index is 0.106. The molecule has 1 aliphatic heterocycles. The molecule has 0 atom stereocenters. The smallest absolute Gasteiger partial charge is 0.266 e.